The molecule has 3 N–H and O–H groups in total. The fourth-order valence-electron chi connectivity index (χ4n) is 1.48. The first kappa shape index (κ1) is 13.7. The van der Waals surface area contributed by atoms with Crippen molar-refractivity contribution in [1.29, 1.82) is 0 Å². The third-order valence-corrected chi connectivity index (χ3v) is 3.62. The lowest BCUT2D eigenvalue weighted by Gasteiger charge is -2.08. The van der Waals surface area contributed by atoms with E-state index < -0.39 is 5.91 Å². The molecule has 0 fully saturated rings. The summed E-state index contributed by atoms with van der Waals surface area (Å²) in [6, 6.07) is 8.70. The molecule has 0 saturated carbocycles. The van der Waals surface area contributed by atoms with Gasteiger partial charge in [-0.25, -0.2) is 0 Å². The zero-order valence-electron chi connectivity index (χ0n) is 9.52. The summed E-state index contributed by atoms with van der Waals surface area (Å²) in [6.45, 7) is 0. The van der Waals surface area contributed by atoms with Crippen LogP contribution in [0.2, 0.25) is 5.02 Å². The van der Waals surface area contributed by atoms with Crippen molar-refractivity contribution >= 4 is 39.1 Å². The van der Waals surface area contributed by atoms with E-state index in [0.29, 0.717) is 15.2 Å². The maximum absolute atomic E-state index is 11.9. The number of benzene rings is 2. The number of phenols is 2. The summed E-state index contributed by atoms with van der Waals surface area (Å²) in [5, 5.41) is 21.9. The van der Waals surface area contributed by atoms with Gasteiger partial charge >= 0.3 is 0 Å². The lowest BCUT2D eigenvalue weighted by atomic mass is 10.1. The summed E-state index contributed by atoms with van der Waals surface area (Å²) in [5.41, 5.74) is 0.609. The Kier molecular flexibility index (Phi) is 3.97. The maximum Gasteiger partial charge on any atom is 0.259 e. The molecule has 0 atom stereocenters. The van der Waals surface area contributed by atoms with Crippen LogP contribution in [0.3, 0.4) is 0 Å². The highest BCUT2D eigenvalue weighted by Crippen LogP contribution is 2.27. The number of carbonyl (C=O) groups excluding carboxylic acids is 1. The van der Waals surface area contributed by atoms with Crippen molar-refractivity contribution in [2.45, 2.75) is 0 Å². The largest absolute Gasteiger partial charge is 0.508 e. The minimum absolute atomic E-state index is 0.0730. The summed E-state index contributed by atoms with van der Waals surface area (Å²) in [6.07, 6.45) is 0. The number of anilines is 1. The van der Waals surface area contributed by atoms with Crippen LogP contribution in [0.5, 0.6) is 11.5 Å². The quantitative estimate of drug-likeness (QED) is 0.778. The normalized spacial score (nSPS) is 10.2. The minimum atomic E-state index is -0.480. The average molecular weight is 343 g/mol. The fraction of sp³-hybridized carbons (Fsp3) is 0. The van der Waals surface area contributed by atoms with E-state index in [1.165, 1.54) is 12.1 Å². The van der Waals surface area contributed by atoms with Crippen molar-refractivity contribution in [3.05, 3.63) is 51.5 Å². The highest BCUT2D eigenvalue weighted by Gasteiger charge is 2.12. The Labute approximate surface area is 122 Å². The molecule has 0 aliphatic rings. The van der Waals surface area contributed by atoms with Gasteiger partial charge in [-0.05, 0) is 46.3 Å². The molecule has 0 heterocycles. The van der Waals surface area contributed by atoms with Gasteiger partial charge in [0.15, 0.2) is 0 Å². The van der Waals surface area contributed by atoms with E-state index in [1.54, 1.807) is 18.2 Å². The monoisotopic (exact) mass is 341 g/mol. The lowest BCUT2D eigenvalue weighted by molar-refractivity contribution is 0.102. The van der Waals surface area contributed by atoms with E-state index in [2.05, 4.69) is 21.2 Å². The summed E-state index contributed by atoms with van der Waals surface area (Å²) in [5.74, 6) is -0.875. The molecule has 2 aromatic rings. The summed E-state index contributed by atoms with van der Waals surface area (Å²) in [7, 11) is 0. The third kappa shape index (κ3) is 3.19. The molecular weight excluding hydrogens is 334 g/mol. The number of hydrogen-bond acceptors (Lipinski definition) is 3. The van der Waals surface area contributed by atoms with Gasteiger partial charge < -0.3 is 15.5 Å². The average Bonchev–Trinajstić information content (AvgIpc) is 2.33. The molecule has 0 unspecified atom stereocenters. The van der Waals surface area contributed by atoms with Gasteiger partial charge in [0.05, 0.1) is 10.6 Å². The predicted molar refractivity (Wildman–Crippen MR) is 76.9 cm³/mol. The highest BCUT2D eigenvalue weighted by atomic mass is 79.9. The van der Waals surface area contributed by atoms with Gasteiger partial charge in [-0.15, -0.1) is 0 Å². The second-order valence-electron chi connectivity index (χ2n) is 3.78. The maximum atomic E-state index is 11.9. The van der Waals surface area contributed by atoms with Crippen LogP contribution in [0.4, 0.5) is 5.69 Å². The first-order valence-electron chi connectivity index (χ1n) is 5.26. The van der Waals surface area contributed by atoms with E-state index in [9.17, 15) is 9.90 Å². The number of hydrogen-bond donors (Lipinski definition) is 3. The molecule has 6 heteroatoms. The van der Waals surface area contributed by atoms with Crippen LogP contribution in [-0.4, -0.2) is 16.1 Å². The molecule has 0 bridgehead atoms. The Morgan fingerprint density at radius 1 is 1.16 bits per heavy atom. The third-order valence-electron chi connectivity index (χ3n) is 2.40. The van der Waals surface area contributed by atoms with Crippen LogP contribution in [0.25, 0.3) is 0 Å². The van der Waals surface area contributed by atoms with Crippen molar-refractivity contribution in [2.75, 3.05) is 5.32 Å². The van der Waals surface area contributed by atoms with Gasteiger partial charge in [-0.2, -0.15) is 0 Å². The SMILES string of the molecule is O=C(Nc1ccc(Cl)c(Br)c1)c1ccc(O)cc1O. The van der Waals surface area contributed by atoms with Gasteiger partial charge in [0.1, 0.15) is 11.5 Å². The molecular formula is C13H9BrClNO3. The molecule has 0 aliphatic heterocycles. The van der Waals surface area contributed by atoms with E-state index in [1.807, 2.05) is 0 Å². The number of nitrogens with one attached hydrogen (secondary N) is 1. The van der Waals surface area contributed by atoms with E-state index in [-0.39, 0.29) is 17.1 Å². The van der Waals surface area contributed by atoms with Crippen molar-refractivity contribution in [3.63, 3.8) is 0 Å². The van der Waals surface area contributed by atoms with Crippen LogP contribution in [0.1, 0.15) is 10.4 Å². The van der Waals surface area contributed by atoms with Gasteiger partial charge in [-0.1, -0.05) is 11.6 Å². The van der Waals surface area contributed by atoms with E-state index >= 15 is 0 Å². The molecule has 0 saturated heterocycles. The molecule has 2 aromatic carbocycles. The Balaban J connectivity index is 2.23. The van der Waals surface area contributed by atoms with Gasteiger partial charge in [0.2, 0.25) is 0 Å². The smallest absolute Gasteiger partial charge is 0.259 e. The van der Waals surface area contributed by atoms with Crippen LogP contribution in [0, 0.1) is 0 Å². The molecule has 0 aromatic heterocycles. The molecule has 0 spiro atoms. The second-order valence-corrected chi connectivity index (χ2v) is 5.05. The van der Waals surface area contributed by atoms with Gasteiger partial charge in [0.25, 0.3) is 5.91 Å². The molecule has 98 valence electrons. The van der Waals surface area contributed by atoms with E-state index in [4.69, 9.17) is 16.7 Å². The fourth-order valence-corrected chi connectivity index (χ4v) is 1.98. The molecule has 19 heavy (non-hydrogen) atoms. The van der Waals surface area contributed by atoms with Crippen molar-refractivity contribution < 1.29 is 15.0 Å². The van der Waals surface area contributed by atoms with Crippen LogP contribution < -0.4 is 5.32 Å². The Morgan fingerprint density at radius 2 is 1.89 bits per heavy atom. The summed E-state index contributed by atoms with van der Waals surface area (Å²) in [4.78, 5) is 11.9. The zero-order chi connectivity index (χ0) is 14.0. The topological polar surface area (TPSA) is 69.6 Å². The van der Waals surface area contributed by atoms with Gasteiger partial charge in [-0.3, -0.25) is 4.79 Å². The highest BCUT2D eigenvalue weighted by molar-refractivity contribution is 9.10. The molecule has 2 rings (SSSR count). The Bertz CT molecular complexity index is 646. The predicted octanol–water partition coefficient (Wildman–Crippen LogP) is 3.77. The first-order chi connectivity index (χ1) is 8.97. The van der Waals surface area contributed by atoms with Crippen LogP contribution in [-0.2, 0) is 0 Å². The number of phenolic OH excluding ortho intramolecular Hbond substituents is 2. The van der Waals surface area contributed by atoms with Crippen molar-refractivity contribution in [2.24, 2.45) is 0 Å². The molecule has 4 nitrogen and oxygen atoms in total. The molecule has 0 radical (unpaired) electrons. The number of halogens is 2. The summed E-state index contributed by atoms with van der Waals surface area (Å²) >= 11 is 9.10. The number of carbonyl (C=O) groups is 1. The van der Waals surface area contributed by atoms with Crippen molar-refractivity contribution in [1.82, 2.24) is 0 Å². The Hall–Kier alpha value is -1.72. The second kappa shape index (κ2) is 5.50. The number of amides is 1. The lowest BCUT2D eigenvalue weighted by Crippen LogP contribution is -2.11. The number of rotatable bonds is 2. The standard InChI is InChI=1S/C13H9BrClNO3/c14-10-5-7(1-4-11(10)15)16-13(19)9-3-2-8(17)6-12(9)18/h1-6,17-18H,(H,16,19). The zero-order valence-corrected chi connectivity index (χ0v) is 11.9. The van der Waals surface area contributed by atoms with Crippen molar-refractivity contribution in [3.8, 4) is 11.5 Å². The first-order valence-corrected chi connectivity index (χ1v) is 6.43. The van der Waals surface area contributed by atoms with Crippen LogP contribution in [0.15, 0.2) is 40.9 Å². The van der Waals surface area contributed by atoms with Crippen LogP contribution >= 0.6 is 27.5 Å². The molecule has 0 aliphatic carbocycles. The number of aromatic hydroxyl groups is 2. The van der Waals surface area contributed by atoms with E-state index in [0.717, 1.165) is 6.07 Å². The Morgan fingerprint density at radius 3 is 2.53 bits per heavy atom. The minimum Gasteiger partial charge on any atom is -0.508 e. The summed E-state index contributed by atoms with van der Waals surface area (Å²) < 4.78 is 0.655. The molecule has 1 amide bonds. The van der Waals surface area contributed by atoms with Gasteiger partial charge in [0, 0.05) is 16.2 Å².